The molecule has 7 nitrogen and oxygen atoms in total. The van der Waals surface area contributed by atoms with E-state index >= 15 is 0 Å². The molecule has 1 saturated heterocycles. The van der Waals surface area contributed by atoms with Crippen LogP contribution in [0.15, 0.2) is 36.8 Å². The first-order chi connectivity index (χ1) is 11.0. The number of aryl methyl sites for hydroxylation is 1. The Kier molecular flexibility index (Phi) is 4.29. The molecule has 0 radical (unpaired) electrons. The molecular weight excluding hydrogens is 294 g/mol. The Morgan fingerprint density at radius 1 is 1.48 bits per heavy atom. The molecule has 23 heavy (non-hydrogen) atoms. The lowest BCUT2D eigenvalue weighted by atomic mass is 10.0. The largest absolute Gasteiger partial charge is 0.386 e. The molecule has 3 heterocycles. The molecule has 0 spiro atoms. The van der Waals surface area contributed by atoms with Crippen LogP contribution in [-0.2, 0) is 11.3 Å². The summed E-state index contributed by atoms with van der Waals surface area (Å²) in [7, 11) is 0. The fraction of sp³-hybridized carbons (Fsp3) is 0.438. The van der Waals surface area contributed by atoms with Crippen LogP contribution >= 0.6 is 0 Å². The molecule has 0 saturated carbocycles. The van der Waals surface area contributed by atoms with E-state index in [-0.39, 0.29) is 19.0 Å². The van der Waals surface area contributed by atoms with Gasteiger partial charge in [0.15, 0.2) is 0 Å². The Labute approximate surface area is 134 Å². The molecule has 2 aromatic heterocycles. The predicted octanol–water partition coefficient (Wildman–Crippen LogP) is 0.344. The van der Waals surface area contributed by atoms with Gasteiger partial charge in [-0.3, -0.25) is 9.48 Å². The Morgan fingerprint density at radius 3 is 3.04 bits per heavy atom. The molecule has 122 valence electrons. The zero-order valence-electron chi connectivity index (χ0n) is 13.1. The van der Waals surface area contributed by atoms with Crippen molar-refractivity contribution in [2.75, 3.05) is 24.5 Å². The molecular formula is C16H21N5O2. The smallest absolute Gasteiger partial charge is 0.241 e. The zero-order valence-corrected chi connectivity index (χ0v) is 13.1. The number of nitrogens with zero attached hydrogens (tertiary/aromatic N) is 4. The number of carbonyl (C=O) groups excluding carboxylic acids is 1. The van der Waals surface area contributed by atoms with E-state index in [4.69, 9.17) is 0 Å². The SMILES string of the molecule is Cc1cnn(CC(=O)NCC2(O)CCN(c3ccccn3)C2)c1. The van der Waals surface area contributed by atoms with Crippen molar-refractivity contribution in [3.63, 3.8) is 0 Å². The number of rotatable bonds is 5. The number of aromatic nitrogens is 3. The molecule has 1 atom stereocenters. The minimum atomic E-state index is -0.923. The number of aliphatic hydroxyl groups is 1. The number of nitrogens with one attached hydrogen (secondary N) is 1. The number of hydrogen-bond donors (Lipinski definition) is 2. The first-order valence-electron chi connectivity index (χ1n) is 7.68. The maximum absolute atomic E-state index is 12.0. The van der Waals surface area contributed by atoms with Gasteiger partial charge in [-0.1, -0.05) is 6.07 Å². The quantitative estimate of drug-likeness (QED) is 0.831. The summed E-state index contributed by atoms with van der Waals surface area (Å²) in [5, 5.41) is 17.5. The zero-order chi connectivity index (χ0) is 16.3. The first-order valence-corrected chi connectivity index (χ1v) is 7.68. The average Bonchev–Trinajstić information content (AvgIpc) is 3.13. The molecule has 2 N–H and O–H groups in total. The summed E-state index contributed by atoms with van der Waals surface area (Å²) in [6.07, 6.45) is 5.86. The minimum Gasteiger partial charge on any atom is -0.386 e. The van der Waals surface area contributed by atoms with Gasteiger partial charge in [0.25, 0.3) is 0 Å². The highest BCUT2D eigenvalue weighted by Crippen LogP contribution is 2.24. The highest BCUT2D eigenvalue weighted by molar-refractivity contribution is 5.75. The third-order valence-corrected chi connectivity index (χ3v) is 3.99. The van der Waals surface area contributed by atoms with Crippen LogP contribution in [0.4, 0.5) is 5.82 Å². The van der Waals surface area contributed by atoms with Crippen molar-refractivity contribution < 1.29 is 9.90 Å². The second-order valence-electron chi connectivity index (χ2n) is 6.08. The van der Waals surface area contributed by atoms with Gasteiger partial charge in [-0.2, -0.15) is 5.10 Å². The summed E-state index contributed by atoms with van der Waals surface area (Å²) in [5.74, 6) is 0.694. The Balaban J connectivity index is 1.51. The second-order valence-corrected chi connectivity index (χ2v) is 6.08. The summed E-state index contributed by atoms with van der Waals surface area (Å²) in [6.45, 7) is 3.51. The predicted molar refractivity (Wildman–Crippen MR) is 86.0 cm³/mol. The van der Waals surface area contributed by atoms with Crippen molar-refractivity contribution in [2.24, 2.45) is 0 Å². The Hall–Kier alpha value is -2.41. The van der Waals surface area contributed by atoms with Crippen molar-refractivity contribution in [1.82, 2.24) is 20.1 Å². The first kappa shape index (κ1) is 15.5. The molecule has 2 aromatic rings. The van der Waals surface area contributed by atoms with E-state index in [1.54, 1.807) is 17.1 Å². The van der Waals surface area contributed by atoms with E-state index in [1.807, 2.05) is 36.2 Å². The van der Waals surface area contributed by atoms with E-state index in [0.717, 1.165) is 17.9 Å². The summed E-state index contributed by atoms with van der Waals surface area (Å²) < 4.78 is 1.59. The molecule has 7 heteroatoms. The molecule has 1 fully saturated rings. The van der Waals surface area contributed by atoms with Gasteiger partial charge in [-0.15, -0.1) is 0 Å². The monoisotopic (exact) mass is 315 g/mol. The van der Waals surface area contributed by atoms with Crippen molar-refractivity contribution in [2.45, 2.75) is 25.5 Å². The topological polar surface area (TPSA) is 83.3 Å². The van der Waals surface area contributed by atoms with Crippen LogP contribution in [0.5, 0.6) is 0 Å². The number of carbonyl (C=O) groups is 1. The lowest BCUT2D eigenvalue weighted by molar-refractivity contribution is -0.122. The average molecular weight is 315 g/mol. The van der Waals surface area contributed by atoms with Gasteiger partial charge in [-0.05, 0) is 31.0 Å². The van der Waals surface area contributed by atoms with Crippen LogP contribution in [0.25, 0.3) is 0 Å². The van der Waals surface area contributed by atoms with Crippen LogP contribution in [-0.4, -0.2) is 51.0 Å². The molecule has 1 aliphatic rings. The van der Waals surface area contributed by atoms with Crippen molar-refractivity contribution >= 4 is 11.7 Å². The van der Waals surface area contributed by atoms with E-state index in [1.165, 1.54) is 0 Å². The van der Waals surface area contributed by atoms with E-state index in [0.29, 0.717) is 13.0 Å². The van der Waals surface area contributed by atoms with E-state index < -0.39 is 5.60 Å². The third kappa shape index (κ3) is 3.87. The van der Waals surface area contributed by atoms with Gasteiger partial charge >= 0.3 is 0 Å². The molecule has 0 aromatic carbocycles. The van der Waals surface area contributed by atoms with Crippen molar-refractivity contribution in [3.8, 4) is 0 Å². The van der Waals surface area contributed by atoms with Crippen LogP contribution < -0.4 is 10.2 Å². The lowest BCUT2D eigenvalue weighted by Gasteiger charge is -2.24. The summed E-state index contributed by atoms with van der Waals surface area (Å²) in [6, 6.07) is 5.71. The van der Waals surface area contributed by atoms with Gasteiger partial charge in [0.1, 0.15) is 18.0 Å². The van der Waals surface area contributed by atoms with Gasteiger partial charge in [0, 0.05) is 32.0 Å². The molecule has 3 rings (SSSR count). The summed E-state index contributed by atoms with van der Waals surface area (Å²) in [4.78, 5) is 18.3. The lowest BCUT2D eigenvalue weighted by Crippen LogP contribution is -2.45. The third-order valence-electron chi connectivity index (χ3n) is 3.99. The fourth-order valence-electron chi connectivity index (χ4n) is 2.76. The van der Waals surface area contributed by atoms with Crippen molar-refractivity contribution in [1.29, 1.82) is 0 Å². The van der Waals surface area contributed by atoms with Gasteiger partial charge in [0.05, 0.1) is 6.20 Å². The maximum atomic E-state index is 12.0. The van der Waals surface area contributed by atoms with E-state index in [9.17, 15) is 9.90 Å². The van der Waals surface area contributed by atoms with E-state index in [2.05, 4.69) is 15.4 Å². The number of anilines is 1. The molecule has 1 aliphatic heterocycles. The van der Waals surface area contributed by atoms with Crippen LogP contribution in [0.2, 0.25) is 0 Å². The highest BCUT2D eigenvalue weighted by Gasteiger charge is 2.36. The van der Waals surface area contributed by atoms with Crippen LogP contribution in [0.1, 0.15) is 12.0 Å². The summed E-state index contributed by atoms with van der Waals surface area (Å²) in [5.41, 5.74) is 0.0888. The second kappa shape index (κ2) is 6.37. The van der Waals surface area contributed by atoms with Crippen LogP contribution in [0, 0.1) is 6.92 Å². The number of hydrogen-bond acceptors (Lipinski definition) is 5. The number of amides is 1. The van der Waals surface area contributed by atoms with Crippen molar-refractivity contribution in [3.05, 3.63) is 42.4 Å². The molecule has 0 aliphatic carbocycles. The minimum absolute atomic E-state index is 0.155. The fourth-order valence-corrected chi connectivity index (χ4v) is 2.76. The normalized spacial score (nSPS) is 20.7. The number of β-amino-alcohol motifs (C(OH)–C–C–N with tert-alkyl or cyclic N) is 1. The van der Waals surface area contributed by atoms with Gasteiger partial charge < -0.3 is 15.3 Å². The standard InChI is InChI=1S/C16H21N5O2/c1-13-8-19-21(9-13)10-15(22)18-11-16(23)5-7-20(12-16)14-4-2-3-6-17-14/h2-4,6,8-9,23H,5,7,10-12H2,1H3,(H,18,22). The number of pyridine rings is 1. The highest BCUT2D eigenvalue weighted by atomic mass is 16.3. The molecule has 0 bridgehead atoms. The Bertz CT molecular complexity index is 672. The summed E-state index contributed by atoms with van der Waals surface area (Å²) >= 11 is 0. The Morgan fingerprint density at radius 2 is 2.35 bits per heavy atom. The maximum Gasteiger partial charge on any atom is 0.241 e. The molecule has 1 amide bonds. The molecule has 1 unspecified atom stereocenters. The van der Waals surface area contributed by atoms with Crippen LogP contribution in [0.3, 0.4) is 0 Å². The van der Waals surface area contributed by atoms with Gasteiger partial charge in [-0.25, -0.2) is 4.98 Å². The van der Waals surface area contributed by atoms with Gasteiger partial charge in [0.2, 0.25) is 5.91 Å².